The number of amides is 2. The highest BCUT2D eigenvalue weighted by atomic mass is 35.5. The van der Waals surface area contributed by atoms with E-state index in [1.165, 1.54) is 0 Å². The monoisotopic (exact) mass is 363 g/mol. The van der Waals surface area contributed by atoms with Gasteiger partial charge in [0.05, 0.1) is 13.1 Å². The minimum Gasteiger partial charge on any atom is -0.346 e. The number of nitrogens with one attached hydrogen (secondary N) is 1. The molecule has 0 unspecified atom stereocenters. The third kappa shape index (κ3) is 6.80. The SMILES string of the molecule is CC(C)C(=O)N(C)Cc1ccc(C(=O)NCC(F)(F)CN)cc1.Cl. The maximum Gasteiger partial charge on any atom is 0.277 e. The van der Waals surface area contributed by atoms with Crippen molar-refractivity contribution >= 4 is 24.2 Å². The fourth-order valence-corrected chi connectivity index (χ4v) is 1.94. The molecule has 8 heteroatoms. The molecular formula is C16H24ClF2N3O2. The normalized spacial score (nSPS) is 11.0. The first-order valence-corrected chi connectivity index (χ1v) is 7.36. The Labute approximate surface area is 147 Å². The maximum absolute atomic E-state index is 13.0. The van der Waals surface area contributed by atoms with E-state index in [1.807, 2.05) is 13.8 Å². The van der Waals surface area contributed by atoms with Crippen LogP contribution in [0.25, 0.3) is 0 Å². The van der Waals surface area contributed by atoms with Crippen molar-refractivity contribution in [2.75, 3.05) is 20.1 Å². The summed E-state index contributed by atoms with van der Waals surface area (Å²) in [6, 6.07) is 6.47. The highest BCUT2D eigenvalue weighted by Crippen LogP contribution is 2.11. The molecule has 0 aliphatic heterocycles. The van der Waals surface area contributed by atoms with Gasteiger partial charge in [-0.1, -0.05) is 26.0 Å². The molecule has 0 saturated heterocycles. The van der Waals surface area contributed by atoms with E-state index < -0.39 is 24.9 Å². The zero-order valence-electron chi connectivity index (χ0n) is 14.0. The Bertz CT molecular complexity index is 551. The summed E-state index contributed by atoms with van der Waals surface area (Å²) in [7, 11) is 1.71. The molecule has 5 nitrogen and oxygen atoms in total. The Morgan fingerprint density at radius 1 is 1.25 bits per heavy atom. The summed E-state index contributed by atoms with van der Waals surface area (Å²) >= 11 is 0. The van der Waals surface area contributed by atoms with E-state index in [2.05, 4.69) is 5.32 Å². The van der Waals surface area contributed by atoms with Crippen LogP contribution in [0.5, 0.6) is 0 Å². The van der Waals surface area contributed by atoms with Gasteiger partial charge in [-0.05, 0) is 17.7 Å². The molecule has 0 bridgehead atoms. The van der Waals surface area contributed by atoms with Crippen LogP contribution >= 0.6 is 12.4 Å². The molecule has 136 valence electrons. The van der Waals surface area contributed by atoms with E-state index in [0.29, 0.717) is 6.54 Å². The van der Waals surface area contributed by atoms with Gasteiger partial charge in [0.15, 0.2) is 0 Å². The van der Waals surface area contributed by atoms with Crippen molar-refractivity contribution in [3.8, 4) is 0 Å². The van der Waals surface area contributed by atoms with Crippen LogP contribution < -0.4 is 11.1 Å². The molecule has 0 saturated carbocycles. The predicted molar refractivity (Wildman–Crippen MR) is 91.3 cm³/mol. The third-order valence-corrected chi connectivity index (χ3v) is 3.31. The minimum atomic E-state index is -3.12. The Kier molecular flexibility index (Phi) is 8.85. The quantitative estimate of drug-likeness (QED) is 0.778. The molecule has 0 heterocycles. The lowest BCUT2D eigenvalue weighted by Crippen LogP contribution is -2.41. The molecule has 0 aliphatic rings. The Hall–Kier alpha value is -1.73. The van der Waals surface area contributed by atoms with Gasteiger partial charge in [0.25, 0.3) is 11.8 Å². The maximum atomic E-state index is 13.0. The van der Waals surface area contributed by atoms with Crippen LogP contribution in [-0.4, -0.2) is 42.8 Å². The Balaban J connectivity index is 0.00000529. The third-order valence-electron chi connectivity index (χ3n) is 3.31. The average Bonchev–Trinajstić information content (AvgIpc) is 2.52. The molecule has 24 heavy (non-hydrogen) atoms. The number of halogens is 3. The molecule has 0 aromatic heterocycles. The highest BCUT2D eigenvalue weighted by Gasteiger charge is 2.27. The first-order chi connectivity index (χ1) is 10.7. The van der Waals surface area contributed by atoms with Crippen molar-refractivity contribution in [2.45, 2.75) is 26.3 Å². The molecule has 0 fully saturated rings. The topological polar surface area (TPSA) is 75.4 Å². The van der Waals surface area contributed by atoms with E-state index in [9.17, 15) is 18.4 Å². The molecule has 1 rings (SSSR count). The van der Waals surface area contributed by atoms with Crippen molar-refractivity contribution in [3.63, 3.8) is 0 Å². The van der Waals surface area contributed by atoms with Crippen LogP contribution in [0.15, 0.2) is 24.3 Å². The van der Waals surface area contributed by atoms with Crippen molar-refractivity contribution in [1.29, 1.82) is 0 Å². The van der Waals surface area contributed by atoms with Gasteiger partial charge >= 0.3 is 0 Å². The van der Waals surface area contributed by atoms with Crippen molar-refractivity contribution in [1.82, 2.24) is 10.2 Å². The van der Waals surface area contributed by atoms with Gasteiger partial charge in [-0.2, -0.15) is 0 Å². The van der Waals surface area contributed by atoms with Crippen LogP contribution in [0.1, 0.15) is 29.8 Å². The number of benzene rings is 1. The molecule has 0 atom stereocenters. The van der Waals surface area contributed by atoms with E-state index in [1.54, 1.807) is 36.2 Å². The number of carbonyl (C=O) groups excluding carboxylic acids is 2. The molecule has 2 amide bonds. The summed E-state index contributed by atoms with van der Waals surface area (Å²) in [5, 5.41) is 2.15. The van der Waals surface area contributed by atoms with Gasteiger partial charge in [0.1, 0.15) is 0 Å². The number of carbonyl (C=O) groups is 2. The molecule has 1 aromatic rings. The second kappa shape index (κ2) is 9.54. The van der Waals surface area contributed by atoms with Crippen LogP contribution in [-0.2, 0) is 11.3 Å². The lowest BCUT2D eigenvalue weighted by molar-refractivity contribution is -0.133. The molecule has 0 radical (unpaired) electrons. The van der Waals surface area contributed by atoms with Gasteiger partial charge in [0, 0.05) is 25.1 Å². The number of nitrogens with two attached hydrogens (primary N) is 1. The lowest BCUT2D eigenvalue weighted by atomic mass is 10.1. The number of alkyl halides is 2. The molecule has 0 aliphatic carbocycles. The minimum absolute atomic E-state index is 0. The molecule has 3 N–H and O–H groups in total. The second-order valence-electron chi connectivity index (χ2n) is 5.79. The summed E-state index contributed by atoms with van der Waals surface area (Å²) < 4.78 is 26.0. The predicted octanol–water partition coefficient (Wildman–Crippen LogP) is 2.05. The van der Waals surface area contributed by atoms with Gasteiger partial charge < -0.3 is 16.0 Å². The van der Waals surface area contributed by atoms with Crippen LogP contribution in [0.3, 0.4) is 0 Å². The Morgan fingerprint density at radius 3 is 2.25 bits per heavy atom. The fourth-order valence-electron chi connectivity index (χ4n) is 1.94. The van der Waals surface area contributed by atoms with Crippen LogP contribution in [0.2, 0.25) is 0 Å². The molecular weight excluding hydrogens is 340 g/mol. The van der Waals surface area contributed by atoms with Crippen LogP contribution in [0.4, 0.5) is 8.78 Å². The van der Waals surface area contributed by atoms with E-state index in [4.69, 9.17) is 5.73 Å². The second-order valence-corrected chi connectivity index (χ2v) is 5.79. The van der Waals surface area contributed by atoms with E-state index >= 15 is 0 Å². The summed E-state index contributed by atoms with van der Waals surface area (Å²) in [6.07, 6.45) is 0. The fraction of sp³-hybridized carbons (Fsp3) is 0.500. The largest absolute Gasteiger partial charge is 0.346 e. The first-order valence-electron chi connectivity index (χ1n) is 7.36. The Morgan fingerprint density at radius 2 is 1.79 bits per heavy atom. The average molecular weight is 364 g/mol. The standard InChI is InChI=1S/C16H23F2N3O2.ClH/c1-11(2)15(23)21(3)8-12-4-6-13(7-5-12)14(22)20-10-16(17,18)9-19;/h4-7,11H,8-10,19H2,1-3H3,(H,20,22);1H. The number of hydrogen-bond donors (Lipinski definition) is 2. The highest BCUT2D eigenvalue weighted by molar-refractivity contribution is 5.94. The van der Waals surface area contributed by atoms with Gasteiger partial charge in [0.2, 0.25) is 5.91 Å². The molecule has 1 aromatic carbocycles. The van der Waals surface area contributed by atoms with Crippen molar-refractivity contribution in [2.24, 2.45) is 11.7 Å². The number of hydrogen-bond acceptors (Lipinski definition) is 3. The first kappa shape index (κ1) is 22.3. The van der Waals surface area contributed by atoms with Crippen LogP contribution in [0, 0.1) is 5.92 Å². The lowest BCUT2D eigenvalue weighted by Gasteiger charge is -2.19. The number of nitrogens with zero attached hydrogens (tertiary/aromatic N) is 1. The summed E-state index contributed by atoms with van der Waals surface area (Å²) in [5.41, 5.74) is 6.04. The van der Waals surface area contributed by atoms with Gasteiger partial charge in [-0.25, -0.2) is 8.78 Å². The van der Waals surface area contributed by atoms with Gasteiger partial charge in [-0.15, -0.1) is 12.4 Å². The summed E-state index contributed by atoms with van der Waals surface area (Å²) in [5.74, 6) is -3.77. The smallest absolute Gasteiger partial charge is 0.277 e. The summed E-state index contributed by atoms with van der Waals surface area (Å²) in [4.78, 5) is 25.2. The van der Waals surface area contributed by atoms with E-state index in [-0.39, 0.29) is 29.8 Å². The zero-order chi connectivity index (χ0) is 17.6. The van der Waals surface area contributed by atoms with Crippen molar-refractivity contribution < 1.29 is 18.4 Å². The molecule has 0 spiro atoms. The summed E-state index contributed by atoms with van der Waals surface area (Å²) in [6.45, 7) is 2.45. The van der Waals surface area contributed by atoms with E-state index in [0.717, 1.165) is 5.56 Å². The zero-order valence-corrected chi connectivity index (χ0v) is 14.8. The number of rotatable bonds is 7. The van der Waals surface area contributed by atoms with Crippen molar-refractivity contribution in [3.05, 3.63) is 35.4 Å². The van der Waals surface area contributed by atoms with Gasteiger partial charge in [-0.3, -0.25) is 9.59 Å².